The van der Waals surface area contributed by atoms with Crippen molar-refractivity contribution in [3.63, 3.8) is 0 Å². The summed E-state index contributed by atoms with van der Waals surface area (Å²) in [5, 5.41) is 3.41. The van der Waals surface area contributed by atoms with Gasteiger partial charge in [-0.1, -0.05) is 36.4 Å². The summed E-state index contributed by atoms with van der Waals surface area (Å²) in [6.45, 7) is 0. The van der Waals surface area contributed by atoms with Gasteiger partial charge in [-0.3, -0.25) is 0 Å². The quantitative estimate of drug-likeness (QED) is 0.337. The minimum Gasteiger partial charge on any atom is -0.453 e. The average Bonchev–Trinajstić information content (AvgIpc) is 2.75. The summed E-state index contributed by atoms with van der Waals surface area (Å²) < 4.78 is 18.0. The maximum absolute atomic E-state index is 6.08. The summed E-state index contributed by atoms with van der Waals surface area (Å²) in [5.74, 6) is 4.50. The van der Waals surface area contributed by atoms with E-state index in [2.05, 4.69) is 11.4 Å². The van der Waals surface area contributed by atoms with Gasteiger partial charge in [-0.2, -0.15) is 0 Å². The van der Waals surface area contributed by atoms with E-state index in [4.69, 9.17) is 14.2 Å². The fourth-order valence-corrected chi connectivity index (χ4v) is 3.52. The van der Waals surface area contributed by atoms with Crippen LogP contribution in [0, 0.1) is 0 Å². The van der Waals surface area contributed by atoms with E-state index in [0.29, 0.717) is 11.5 Å². The molecule has 4 aromatic carbocycles. The summed E-state index contributed by atoms with van der Waals surface area (Å²) in [7, 11) is 0. The molecule has 1 N–H and O–H groups in total. The van der Waals surface area contributed by atoms with Gasteiger partial charge < -0.3 is 19.5 Å². The Morgan fingerprint density at radius 2 is 0.964 bits per heavy atom. The lowest BCUT2D eigenvalue weighted by molar-refractivity contribution is 0.360. The van der Waals surface area contributed by atoms with E-state index < -0.39 is 0 Å². The molecule has 0 atom stereocenters. The molecule has 0 unspecified atom stereocenters. The first-order chi connectivity index (χ1) is 13.8. The Hall–Kier alpha value is -3.92. The SMILES string of the molecule is c1ccc2c(c1)Nc1ccc(-c3ccc4c(c3)Oc3ccccc3O4)cc1O2. The van der Waals surface area contributed by atoms with Crippen molar-refractivity contribution in [1.29, 1.82) is 0 Å². The van der Waals surface area contributed by atoms with Crippen LogP contribution in [0.25, 0.3) is 11.1 Å². The lowest BCUT2D eigenvalue weighted by Gasteiger charge is -2.23. The van der Waals surface area contributed by atoms with Crippen molar-refractivity contribution in [3.8, 4) is 45.6 Å². The van der Waals surface area contributed by atoms with Crippen molar-refractivity contribution in [2.24, 2.45) is 0 Å². The molecule has 0 aliphatic carbocycles. The van der Waals surface area contributed by atoms with Crippen molar-refractivity contribution >= 4 is 11.4 Å². The largest absolute Gasteiger partial charge is 0.453 e. The minimum atomic E-state index is 0.707. The van der Waals surface area contributed by atoms with E-state index in [9.17, 15) is 0 Å². The van der Waals surface area contributed by atoms with E-state index in [1.165, 1.54) is 0 Å². The van der Waals surface area contributed by atoms with Crippen LogP contribution < -0.4 is 19.5 Å². The van der Waals surface area contributed by atoms with Crippen LogP contribution in [0.15, 0.2) is 84.9 Å². The first kappa shape index (κ1) is 15.2. The van der Waals surface area contributed by atoms with Crippen LogP contribution in [0.4, 0.5) is 11.4 Å². The third-order valence-electron chi connectivity index (χ3n) is 4.92. The molecule has 6 rings (SSSR count). The molecule has 0 bridgehead atoms. The third kappa shape index (κ3) is 2.39. The number of anilines is 2. The first-order valence-corrected chi connectivity index (χ1v) is 9.11. The number of nitrogens with one attached hydrogen (secondary N) is 1. The Balaban J connectivity index is 1.36. The smallest absolute Gasteiger partial charge is 0.170 e. The maximum Gasteiger partial charge on any atom is 0.170 e. The highest BCUT2D eigenvalue weighted by atomic mass is 16.6. The van der Waals surface area contributed by atoms with Crippen LogP contribution >= 0.6 is 0 Å². The van der Waals surface area contributed by atoms with Crippen molar-refractivity contribution in [2.45, 2.75) is 0 Å². The molecule has 4 aromatic rings. The summed E-state index contributed by atoms with van der Waals surface area (Å²) >= 11 is 0. The normalized spacial score (nSPS) is 12.7. The molecule has 0 fully saturated rings. The van der Waals surface area contributed by atoms with Gasteiger partial charge in [0.25, 0.3) is 0 Å². The molecule has 0 amide bonds. The standard InChI is InChI=1S/C24H15NO3/c1-2-6-19-17(5-1)25-18-11-9-15(13-23(18)26-19)16-10-12-22-24(14-16)28-21-8-4-3-7-20(21)27-22/h1-14,25H. The highest BCUT2D eigenvalue weighted by Gasteiger charge is 2.20. The molecule has 0 radical (unpaired) electrons. The van der Waals surface area contributed by atoms with Crippen molar-refractivity contribution in [1.82, 2.24) is 0 Å². The molecule has 0 spiro atoms. The summed E-state index contributed by atoms with van der Waals surface area (Å²) in [5.41, 5.74) is 4.01. The van der Waals surface area contributed by atoms with E-state index >= 15 is 0 Å². The number of rotatable bonds is 1. The van der Waals surface area contributed by atoms with E-state index in [1.807, 2.05) is 78.9 Å². The van der Waals surface area contributed by atoms with E-state index in [0.717, 1.165) is 45.5 Å². The summed E-state index contributed by atoms with van der Waals surface area (Å²) in [6.07, 6.45) is 0. The van der Waals surface area contributed by atoms with Gasteiger partial charge in [0.05, 0.1) is 11.4 Å². The minimum absolute atomic E-state index is 0.707. The van der Waals surface area contributed by atoms with E-state index in [1.54, 1.807) is 0 Å². The molecule has 2 heterocycles. The highest BCUT2D eigenvalue weighted by Crippen LogP contribution is 2.47. The van der Waals surface area contributed by atoms with Gasteiger partial charge in [-0.25, -0.2) is 0 Å². The van der Waals surface area contributed by atoms with Gasteiger partial charge in [0.15, 0.2) is 34.5 Å². The number of ether oxygens (including phenoxy) is 3. The summed E-state index contributed by atoms with van der Waals surface area (Å²) in [4.78, 5) is 0. The van der Waals surface area contributed by atoms with Gasteiger partial charge in [-0.05, 0) is 59.7 Å². The predicted molar refractivity (Wildman–Crippen MR) is 108 cm³/mol. The first-order valence-electron chi connectivity index (χ1n) is 9.11. The van der Waals surface area contributed by atoms with Gasteiger partial charge in [-0.15, -0.1) is 0 Å². The monoisotopic (exact) mass is 365 g/mol. The molecule has 4 heteroatoms. The molecule has 0 saturated heterocycles. The highest BCUT2D eigenvalue weighted by molar-refractivity contribution is 5.80. The number of benzene rings is 4. The van der Waals surface area contributed by atoms with E-state index in [-0.39, 0.29) is 0 Å². The van der Waals surface area contributed by atoms with Crippen LogP contribution in [0.1, 0.15) is 0 Å². The molecule has 4 nitrogen and oxygen atoms in total. The number of para-hydroxylation sites is 4. The van der Waals surface area contributed by atoms with Crippen LogP contribution in [-0.4, -0.2) is 0 Å². The fraction of sp³-hybridized carbons (Fsp3) is 0. The Labute approximate surface area is 161 Å². The molecule has 0 aromatic heterocycles. The predicted octanol–water partition coefficient (Wildman–Crippen LogP) is 7.10. The van der Waals surface area contributed by atoms with Crippen LogP contribution in [0.5, 0.6) is 34.5 Å². The fourth-order valence-electron chi connectivity index (χ4n) is 3.52. The van der Waals surface area contributed by atoms with Gasteiger partial charge in [0, 0.05) is 0 Å². The second kappa shape index (κ2) is 5.79. The Kier molecular flexibility index (Phi) is 3.14. The molecule has 28 heavy (non-hydrogen) atoms. The molecule has 134 valence electrons. The Bertz CT molecular complexity index is 1140. The van der Waals surface area contributed by atoms with Crippen LogP contribution in [0.3, 0.4) is 0 Å². The van der Waals surface area contributed by atoms with Gasteiger partial charge >= 0.3 is 0 Å². The zero-order valence-corrected chi connectivity index (χ0v) is 14.8. The van der Waals surface area contributed by atoms with Gasteiger partial charge in [0.2, 0.25) is 0 Å². The zero-order valence-electron chi connectivity index (χ0n) is 14.8. The molecular weight excluding hydrogens is 350 g/mol. The lowest BCUT2D eigenvalue weighted by Crippen LogP contribution is -2.02. The average molecular weight is 365 g/mol. The maximum atomic E-state index is 6.08. The molecule has 2 aliphatic rings. The lowest BCUT2D eigenvalue weighted by atomic mass is 10.0. The third-order valence-corrected chi connectivity index (χ3v) is 4.92. The van der Waals surface area contributed by atoms with Crippen molar-refractivity contribution in [2.75, 3.05) is 5.32 Å². The zero-order chi connectivity index (χ0) is 18.5. The van der Waals surface area contributed by atoms with Crippen molar-refractivity contribution in [3.05, 3.63) is 84.9 Å². The number of fused-ring (bicyclic) bond motifs is 4. The Morgan fingerprint density at radius 1 is 0.429 bits per heavy atom. The number of hydrogen-bond donors (Lipinski definition) is 1. The molecule has 2 aliphatic heterocycles. The second-order valence-corrected chi connectivity index (χ2v) is 6.75. The molecular formula is C24H15NO3. The van der Waals surface area contributed by atoms with Crippen LogP contribution in [0.2, 0.25) is 0 Å². The van der Waals surface area contributed by atoms with Gasteiger partial charge in [0.1, 0.15) is 0 Å². The second-order valence-electron chi connectivity index (χ2n) is 6.75. The summed E-state index contributed by atoms with van der Waals surface area (Å²) in [6, 6.07) is 27.7. The van der Waals surface area contributed by atoms with Crippen molar-refractivity contribution < 1.29 is 14.2 Å². The topological polar surface area (TPSA) is 39.7 Å². The molecule has 0 saturated carbocycles. The Morgan fingerprint density at radius 3 is 1.79 bits per heavy atom. The number of hydrogen-bond acceptors (Lipinski definition) is 4. The van der Waals surface area contributed by atoms with Crippen LogP contribution in [-0.2, 0) is 0 Å².